The van der Waals surface area contributed by atoms with Crippen LogP contribution in [-0.4, -0.2) is 17.0 Å². The molecule has 0 saturated carbocycles. The van der Waals surface area contributed by atoms with Gasteiger partial charge < -0.3 is 15.0 Å². The Kier molecular flexibility index (Phi) is 4.77. The van der Waals surface area contributed by atoms with Crippen molar-refractivity contribution in [3.63, 3.8) is 0 Å². The van der Waals surface area contributed by atoms with Gasteiger partial charge in [-0.1, -0.05) is 0 Å². The number of aromatic carboxylic acids is 2. The molecule has 2 N–H and O–H groups in total. The minimum atomic E-state index is -2.50. The molecule has 1 heterocycles. The number of hydrogen-bond acceptors (Lipinski definition) is 4. The van der Waals surface area contributed by atoms with Crippen LogP contribution in [0.4, 0.5) is 17.6 Å². The van der Waals surface area contributed by atoms with Gasteiger partial charge in [0.2, 0.25) is 0 Å². The van der Waals surface area contributed by atoms with Gasteiger partial charge in [0.15, 0.2) is 35.7 Å². The van der Waals surface area contributed by atoms with E-state index in [2.05, 4.69) is 5.11 Å². The largest absolute Gasteiger partial charge is 0.545 e. The monoisotopic (exact) mass is 333 g/mol. The van der Waals surface area contributed by atoms with Crippen molar-refractivity contribution in [3.8, 4) is 0 Å². The molecule has 2 rings (SSSR count). The number of pyridine rings is 1. The Bertz CT molecular complexity index is 786. The summed E-state index contributed by atoms with van der Waals surface area (Å²) in [5.74, 6) is -13.7. The van der Waals surface area contributed by atoms with E-state index in [9.17, 15) is 32.3 Å². The second-order valence-electron chi connectivity index (χ2n) is 4.11. The Labute approximate surface area is 129 Å². The summed E-state index contributed by atoms with van der Waals surface area (Å²) >= 11 is 0. The molecule has 2 aromatic rings. The van der Waals surface area contributed by atoms with Crippen LogP contribution in [0.5, 0.6) is 0 Å². The van der Waals surface area contributed by atoms with E-state index in [1.54, 1.807) is 12.4 Å². The highest BCUT2D eigenvalue weighted by atomic mass is 19.2. The Hall–Kier alpha value is -2.97. The number of carbonyl (C=O) groups excluding carboxylic acids is 1. The third-order valence-electron chi connectivity index (χ3n) is 2.48. The molecule has 1 aromatic heterocycles. The minimum Gasteiger partial charge on any atom is -0.545 e. The molecule has 23 heavy (non-hydrogen) atoms. The molecule has 0 amide bonds. The number of aryl methyl sites for hydroxylation is 1. The Morgan fingerprint density at radius 2 is 1.70 bits per heavy atom. The second-order valence-corrected chi connectivity index (χ2v) is 4.11. The van der Waals surface area contributed by atoms with Crippen LogP contribution in [0.2, 0.25) is 1.41 Å². The van der Waals surface area contributed by atoms with Crippen LogP contribution in [0.25, 0.3) is 1.43 Å². The summed E-state index contributed by atoms with van der Waals surface area (Å²) < 4.78 is 65.2. The zero-order valence-electron chi connectivity index (χ0n) is 13.4. The number of carboxylic acid groups (broad SMARTS) is 2. The molecule has 0 aliphatic rings. The fourth-order valence-corrected chi connectivity index (χ4v) is 1.44. The summed E-state index contributed by atoms with van der Waals surface area (Å²) in [6.45, 7) is 1.96. The smallest absolute Gasteiger partial charge is 0.453 e. The van der Waals surface area contributed by atoms with Crippen molar-refractivity contribution < 1.29 is 43.8 Å². The summed E-state index contributed by atoms with van der Waals surface area (Å²) in [4.78, 5) is 22.2. The maximum Gasteiger partial charge on any atom is 0.453 e. The topological polar surface area (TPSA) is 91.6 Å². The third-order valence-corrected chi connectivity index (χ3v) is 2.48. The lowest BCUT2D eigenvalue weighted by molar-refractivity contribution is -0.378. The first kappa shape index (κ1) is 14.9. The number of H-pyrrole nitrogens is 1. The van der Waals surface area contributed by atoms with Gasteiger partial charge in [-0.25, -0.2) is 27.3 Å². The summed E-state index contributed by atoms with van der Waals surface area (Å²) in [7, 11) is 0. The zero-order valence-corrected chi connectivity index (χ0v) is 11.4. The molecule has 0 bridgehead atoms. The van der Waals surface area contributed by atoms with Gasteiger partial charge >= 0.3 is 7.38 Å². The second kappa shape index (κ2) is 7.34. The van der Waals surface area contributed by atoms with E-state index >= 15 is 0 Å². The van der Waals surface area contributed by atoms with E-state index in [0.29, 0.717) is 0 Å². The van der Waals surface area contributed by atoms with E-state index in [1.165, 1.54) is 4.98 Å². The molecular weight excluding hydrogens is 322 g/mol. The fraction of sp³-hybridized carbons (Fsp3) is 0.0714. The van der Waals surface area contributed by atoms with Gasteiger partial charge in [-0.2, -0.15) is 0 Å². The van der Waals surface area contributed by atoms with E-state index in [4.69, 9.17) is 2.84 Å². The Morgan fingerprint density at radius 1 is 1.17 bits per heavy atom. The molecule has 5 nitrogen and oxygen atoms in total. The lowest BCUT2D eigenvalue weighted by Crippen LogP contribution is -2.27. The van der Waals surface area contributed by atoms with Crippen LogP contribution in [0.3, 0.4) is 0 Å². The van der Waals surface area contributed by atoms with Crippen molar-refractivity contribution in [2.45, 2.75) is 6.92 Å². The predicted octanol–water partition coefficient (Wildman–Crippen LogP) is 1.11. The van der Waals surface area contributed by atoms with Crippen molar-refractivity contribution in [2.24, 2.45) is 0 Å². The van der Waals surface area contributed by atoms with Crippen LogP contribution < -0.4 is 10.1 Å². The number of halogens is 4. The van der Waals surface area contributed by atoms with E-state index in [1.807, 2.05) is 19.1 Å². The first-order valence-electron chi connectivity index (χ1n) is 6.69. The fourth-order valence-electron chi connectivity index (χ4n) is 1.44. The van der Waals surface area contributed by atoms with Crippen molar-refractivity contribution in [2.75, 3.05) is 0 Å². The molecule has 9 heteroatoms. The molecule has 0 aliphatic carbocycles. The van der Waals surface area contributed by atoms with E-state index in [0.717, 1.165) is 5.56 Å². The number of nitrogens with one attached hydrogen (secondary N) is 1. The normalized spacial score (nSPS) is 10.8. The number of rotatable bonds is 2. The Balaban J connectivity index is 0.000000324. The molecular formula is C14H9F4NO4. The van der Waals surface area contributed by atoms with Gasteiger partial charge in [0, 0.05) is 11.6 Å². The lowest BCUT2D eigenvalue weighted by Gasteiger charge is -2.09. The standard InChI is InChI=1S/C8H2F4O4.C6H7N/c9-3-1(7(13)14)4(10)6(12)2(5(3)11)8(15)16;1-6-3-2-4-7-5-6/h(H,13,14)(H,15,16);2-5H,1H3/i/hD2. The predicted molar refractivity (Wildman–Crippen MR) is 65.3 cm³/mol. The maximum atomic E-state index is 13.0. The molecule has 0 fully saturated rings. The molecule has 0 saturated heterocycles. The molecule has 122 valence electrons. The molecule has 0 unspecified atom stereocenters. The van der Waals surface area contributed by atoms with Gasteiger partial charge in [-0.15, -0.1) is 0 Å². The van der Waals surface area contributed by atoms with Gasteiger partial charge in [0.05, 0.1) is 11.5 Å². The Morgan fingerprint density at radius 3 is 2.04 bits per heavy atom. The van der Waals surface area contributed by atoms with Gasteiger partial charge in [0.25, 0.3) is 1.43 Å². The average Bonchev–Trinajstić information content (AvgIpc) is 2.53. The number of carboxylic acids is 2. The number of hydrogen-bond donors (Lipinski definition) is 1. The van der Waals surface area contributed by atoms with Crippen molar-refractivity contribution >= 4 is 11.9 Å². The first-order valence-corrected chi connectivity index (χ1v) is 5.83. The van der Waals surface area contributed by atoms with Crippen molar-refractivity contribution in [3.05, 3.63) is 64.5 Å². The van der Waals surface area contributed by atoms with E-state index < -0.39 is 46.3 Å². The number of benzene rings is 1. The quantitative estimate of drug-likeness (QED) is 0.658. The highest BCUT2D eigenvalue weighted by molar-refractivity contribution is 5.92. The van der Waals surface area contributed by atoms with Crippen LogP contribution in [0, 0.1) is 30.2 Å². The number of aromatic nitrogens is 1. The highest BCUT2D eigenvalue weighted by Gasteiger charge is 2.29. The SMILES string of the molecule is [2H]OC(=O)c1c(F)c(F)c(C(=O)[O-])c(F)c1F.[2H][n+]1cccc(C)c1. The van der Waals surface area contributed by atoms with Gasteiger partial charge in [-0.3, -0.25) is 0 Å². The highest BCUT2D eigenvalue weighted by Crippen LogP contribution is 2.23. The summed E-state index contributed by atoms with van der Waals surface area (Å²) in [6.07, 6.45) is 3.44. The third kappa shape index (κ3) is 4.02. The molecule has 0 aliphatic heterocycles. The summed E-state index contributed by atoms with van der Waals surface area (Å²) in [6, 6.07) is 3.81. The van der Waals surface area contributed by atoms with Crippen LogP contribution in [0.1, 0.15) is 26.3 Å². The molecule has 0 spiro atoms. The van der Waals surface area contributed by atoms with Crippen molar-refractivity contribution in [1.82, 2.24) is 0 Å². The summed E-state index contributed by atoms with van der Waals surface area (Å²) in [5.41, 5.74) is -2.70. The molecule has 0 radical (unpaired) electrons. The van der Waals surface area contributed by atoms with Gasteiger partial charge in [0.1, 0.15) is 5.56 Å². The zero-order chi connectivity index (χ0) is 19.3. The lowest BCUT2D eigenvalue weighted by atomic mass is 10.1. The first-order chi connectivity index (χ1) is 11.6. The van der Waals surface area contributed by atoms with Crippen LogP contribution in [0.15, 0.2) is 24.5 Å². The summed E-state index contributed by atoms with van der Waals surface area (Å²) in [5, 5.41) is 13.4. The van der Waals surface area contributed by atoms with Gasteiger partial charge in [-0.05, 0) is 13.0 Å². The molecule has 0 atom stereocenters. The minimum absolute atomic E-state index is 1.11. The van der Waals surface area contributed by atoms with Crippen LogP contribution >= 0.6 is 0 Å². The average molecular weight is 333 g/mol. The molecule has 1 aromatic carbocycles. The van der Waals surface area contributed by atoms with Crippen molar-refractivity contribution in [1.29, 1.82) is 1.43 Å². The van der Waals surface area contributed by atoms with E-state index in [-0.39, 0.29) is 0 Å². The maximum absolute atomic E-state index is 13.0. The number of carbonyl (C=O) groups is 2. The number of aromatic amines is 1. The van der Waals surface area contributed by atoms with Crippen LogP contribution in [-0.2, 0) is 0 Å².